The van der Waals surface area contributed by atoms with E-state index in [2.05, 4.69) is 26.6 Å². The van der Waals surface area contributed by atoms with E-state index in [1.54, 1.807) is 80.3 Å². The molecule has 17 nitrogen and oxygen atoms in total. The molecule has 0 aliphatic carbocycles. The first kappa shape index (κ1) is 49.4. The SMILES string of the molecule is CC(C)CC(NC(=O)C(Cc1ccccc1)NC(=O)C(Cc1ccccc1)NC(=O)O)C(=O)NC(CCCCNC(=O)OC(C)(C)C)C(=O)N1CC2(CCN(S(C)(=O)=O)CC2)C1. The molecule has 2 saturated heterocycles. The fraction of sp³-hybridized carbons (Fsp3) is 0.591. The van der Waals surface area contributed by atoms with E-state index in [0.717, 1.165) is 0 Å². The third-order valence-electron chi connectivity index (χ3n) is 11.0. The topological polar surface area (TPSA) is 233 Å². The van der Waals surface area contributed by atoms with Crippen LogP contribution in [-0.4, -0.2) is 127 Å². The number of nitrogens with zero attached hydrogens (tertiary/aromatic N) is 2. The van der Waals surface area contributed by atoms with Crippen LogP contribution < -0.4 is 26.6 Å². The maximum Gasteiger partial charge on any atom is 0.407 e. The summed E-state index contributed by atoms with van der Waals surface area (Å²) in [4.78, 5) is 81.9. The lowest BCUT2D eigenvalue weighted by molar-refractivity contribution is -0.150. The third kappa shape index (κ3) is 15.9. The number of carbonyl (C=O) groups excluding carboxylic acids is 5. The lowest BCUT2D eigenvalue weighted by Gasteiger charge is -2.54. The van der Waals surface area contributed by atoms with Crippen molar-refractivity contribution in [2.24, 2.45) is 11.3 Å². The van der Waals surface area contributed by atoms with Crippen molar-refractivity contribution in [1.82, 2.24) is 35.8 Å². The van der Waals surface area contributed by atoms with Crippen molar-refractivity contribution in [3.8, 4) is 0 Å². The van der Waals surface area contributed by atoms with Gasteiger partial charge in [0, 0.05) is 51.0 Å². The first-order valence-electron chi connectivity index (χ1n) is 21.3. The standard InChI is InChI=1S/C44H65N7O10S/c1-30(2)25-34(47-38(53)35(26-31-15-9-7-10-16-31)48-39(54)36(49-41(56)57)27-32-17-11-8-12-18-32)37(52)46-33(19-13-14-22-45-42(58)61-43(3,4)5)40(55)50-28-44(29-50)20-23-51(24-21-44)62(6,59)60/h7-12,15-18,30,33-36,49H,13-14,19-29H2,1-6H3,(H,45,58)(H,46,52)(H,47,53)(H,48,54)(H,56,57). The number of alkyl carbamates (subject to hydrolysis) is 1. The molecule has 4 unspecified atom stereocenters. The van der Waals surface area contributed by atoms with Gasteiger partial charge in [0.1, 0.15) is 29.8 Å². The fourth-order valence-corrected chi connectivity index (χ4v) is 8.62. The van der Waals surface area contributed by atoms with Gasteiger partial charge in [-0.25, -0.2) is 22.3 Å². The molecule has 0 bridgehead atoms. The number of amides is 6. The number of benzene rings is 2. The van der Waals surface area contributed by atoms with Gasteiger partial charge < -0.3 is 41.3 Å². The van der Waals surface area contributed by atoms with Crippen LogP contribution in [0.5, 0.6) is 0 Å². The van der Waals surface area contributed by atoms with E-state index >= 15 is 0 Å². The van der Waals surface area contributed by atoms with Crippen LogP contribution >= 0.6 is 0 Å². The number of hydrogen-bond donors (Lipinski definition) is 6. The molecule has 0 aromatic heterocycles. The zero-order chi connectivity index (χ0) is 45.7. The second-order valence-corrected chi connectivity index (χ2v) is 20.0. The number of nitrogens with one attached hydrogen (secondary N) is 5. The van der Waals surface area contributed by atoms with Gasteiger partial charge in [-0.1, -0.05) is 74.5 Å². The van der Waals surface area contributed by atoms with Gasteiger partial charge in [0.05, 0.1) is 6.26 Å². The Hall–Kier alpha value is -5.23. The maximum absolute atomic E-state index is 14.2. The Balaban J connectivity index is 1.50. The molecular formula is C44H65N7O10S. The second-order valence-electron chi connectivity index (χ2n) is 18.0. The quantitative estimate of drug-likeness (QED) is 0.106. The molecule has 2 heterocycles. The Labute approximate surface area is 365 Å². The van der Waals surface area contributed by atoms with Crippen molar-refractivity contribution in [2.45, 2.75) is 116 Å². The first-order valence-corrected chi connectivity index (χ1v) is 23.2. The van der Waals surface area contributed by atoms with Gasteiger partial charge in [-0.05, 0) is 76.3 Å². The van der Waals surface area contributed by atoms with Crippen LogP contribution in [0.3, 0.4) is 0 Å². The smallest absolute Gasteiger partial charge is 0.407 e. The van der Waals surface area contributed by atoms with Crippen molar-refractivity contribution in [3.05, 3.63) is 71.8 Å². The van der Waals surface area contributed by atoms with E-state index in [-0.39, 0.29) is 49.5 Å². The van der Waals surface area contributed by atoms with Crippen LogP contribution in [0.1, 0.15) is 84.3 Å². The lowest BCUT2D eigenvalue weighted by Crippen LogP contribution is -2.65. The first-order chi connectivity index (χ1) is 29.1. The predicted molar refractivity (Wildman–Crippen MR) is 233 cm³/mol. The minimum Gasteiger partial charge on any atom is -0.465 e. The number of carboxylic acid groups (broad SMARTS) is 1. The number of carbonyl (C=O) groups is 6. The molecule has 62 heavy (non-hydrogen) atoms. The minimum atomic E-state index is -3.32. The van der Waals surface area contributed by atoms with E-state index in [1.807, 2.05) is 19.9 Å². The van der Waals surface area contributed by atoms with E-state index in [1.165, 1.54) is 10.6 Å². The molecule has 0 radical (unpaired) electrons. The van der Waals surface area contributed by atoms with Gasteiger partial charge >= 0.3 is 12.2 Å². The Morgan fingerprint density at radius 1 is 0.742 bits per heavy atom. The van der Waals surface area contributed by atoms with Crippen LogP contribution in [-0.2, 0) is 46.8 Å². The highest BCUT2D eigenvalue weighted by Gasteiger charge is 2.49. The highest BCUT2D eigenvalue weighted by Crippen LogP contribution is 2.41. The van der Waals surface area contributed by atoms with E-state index in [0.29, 0.717) is 63.0 Å². The minimum absolute atomic E-state index is 0.0285. The van der Waals surface area contributed by atoms with Gasteiger partial charge in [-0.2, -0.15) is 0 Å². The number of likely N-dealkylation sites (tertiary alicyclic amines) is 1. The second kappa shape index (κ2) is 22.2. The monoisotopic (exact) mass is 883 g/mol. The molecule has 2 fully saturated rings. The summed E-state index contributed by atoms with van der Waals surface area (Å²) >= 11 is 0. The van der Waals surface area contributed by atoms with Crippen LogP contribution in [0.4, 0.5) is 9.59 Å². The van der Waals surface area contributed by atoms with Gasteiger partial charge in [-0.15, -0.1) is 0 Å². The summed E-state index contributed by atoms with van der Waals surface area (Å²) in [5.74, 6) is -2.36. The Kier molecular flexibility index (Phi) is 17.7. The fourth-order valence-electron chi connectivity index (χ4n) is 7.77. The van der Waals surface area contributed by atoms with E-state index in [4.69, 9.17) is 4.74 Å². The number of unbranched alkanes of at least 4 members (excludes halogenated alkanes) is 1. The lowest BCUT2D eigenvalue weighted by atomic mass is 9.72. The van der Waals surface area contributed by atoms with Gasteiger partial charge in [-0.3, -0.25) is 19.2 Å². The van der Waals surface area contributed by atoms with Crippen LogP contribution in [0, 0.1) is 11.3 Å². The molecule has 1 spiro atoms. The van der Waals surface area contributed by atoms with Crippen LogP contribution in [0.15, 0.2) is 60.7 Å². The third-order valence-corrected chi connectivity index (χ3v) is 12.3. The van der Waals surface area contributed by atoms with Gasteiger partial charge in [0.15, 0.2) is 0 Å². The molecule has 342 valence electrons. The number of ether oxygens (including phenoxy) is 1. The summed E-state index contributed by atoms with van der Waals surface area (Å²) in [7, 11) is -3.32. The summed E-state index contributed by atoms with van der Waals surface area (Å²) < 4.78 is 31.0. The molecule has 4 rings (SSSR count). The molecular weight excluding hydrogens is 819 g/mol. The average molecular weight is 884 g/mol. The largest absolute Gasteiger partial charge is 0.465 e. The Bertz CT molecular complexity index is 1940. The predicted octanol–water partition coefficient (Wildman–Crippen LogP) is 3.19. The van der Waals surface area contributed by atoms with Crippen molar-refractivity contribution < 1.29 is 47.0 Å². The number of rotatable bonds is 20. The molecule has 2 aromatic rings. The Morgan fingerprint density at radius 2 is 1.23 bits per heavy atom. The highest BCUT2D eigenvalue weighted by molar-refractivity contribution is 7.88. The zero-order valence-electron chi connectivity index (χ0n) is 36.8. The molecule has 0 saturated carbocycles. The normalized spacial score (nSPS) is 17.1. The van der Waals surface area contributed by atoms with E-state index < -0.39 is 69.7 Å². The number of sulfonamides is 1. The summed E-state index contributed by atoms with van der Waals surface area (Å²) in [5.41, 5.74) is 0.534. The van der Waals surface area contributed by atoms with Crippen molar-refractivity contribution >= 4 is 45.8 Å². The number of piperidine rings is 1. The molecule has 18 heteroatoms. The van der Waals surface area contributed by atoms with Crippen LogP contribution in [0.25, 0.3) is 0 Å². The van der Waals surface area contributed by atoms with Crippen molar-refractivity contribution in [1.29, 1.82) is 0 Å². The summed E-state index contributed by atoms with van der Waals surface area (Å²) in [6.45, 7) is 10.9. The maximum atomic E-state index is 14.2. The highest BCUT2D eigenvalue weighted by atomic mass is 32.2. The summed E-state index contributed by atoms with van der Waals surface area (Å²) in [5, 5.41) is 23.0. The molecule has 2 aromatic carbocycles. The molecule has 2 aliphatic heterocycles. The summed E-state index contributed by atoms with van der Waals surface area (Å²) in [6.07, 6.45) is 1.88. The van der Waals surface area contributed by atoms with Crippen molar-refractivity contribution in [3.63, 3.8) is 0 Å². The zero-order valence-corrected chi connectivity index (χ0v) is 37.6. The molecule has 4 atom stereocenters. The summed E-state index contributed by atoms with van der Waals surface area (Å²) in [6, 6.07) is 13.3. The molecule has 2 aliphatic rings. The molecule has 6 amide bonds. The van der Waals surface area contributed by atoms with Crippen molar-refractivity contribution in [2.75, 3.05) is 39.0 Å². The Morgan fingerprint density at radius 3 is 1.71 bits per heavy atom. The van der Waals surface area contributed by atoms with Gasteiger partial charge in [0.25, 0.3) is 0 Å². The average Bonchev–Trinajstić information content (AvgIpc) is 3.17. The van der Waals surface area contributed by atoms with Crippen LogP contribution in [0.2, 0.25) is 0 Å². The van der Waals surface area contributed by atoms with Gasteiger partial charge in [0.2, 0.25) is 33.7 Å². The number of hydrogen-bond acceptors (Lipinski definition) is 9. The van der Waals surface area contributed by atoms with E-state index in [9.17, 15) is 42.3 Å². The molecule has 6 N–H and O–H groups in total.